The van der Waals surface area contributed by atoms with Crippen LogP contribution in [0.2, 0.25) is 0 Å². The largest absolute Gasteiger partial charge is 0.206 e. The first kappa shape index (κ1) is 13.8. The van der Waals surface area contributed by atoms with Crippen LogP contribution >= 0.6 is 0 Å². The van der Waals surface area contributed by atoms with E-state index in [1.54, 1.807) is 0 Å². The summed E-state index contributed by atoms with van der Waals surface area (Å²) >= 11 is 0. The third-order valence-corrected chi connectivity index (χ3v) is 3.48. The van der Waals surface area contributed by atoms with Crippen molar-refractivity contribution < 1.29 is 4.39 Å². The minimum absolute atomic E-state index is 0.0954. The van der Waals surface area contributed by atoms with E-state index in [0.717, 1.165) is 16.7 Å². The predicted molar refractivity (Wildman–Crippen MR) is 80.0 cm³/mol. The summed E-state index contributed by atoms with van der Waals surface area (Å²) in [4.78, 5) is 0. The lowest BCUT2D eigenvalue weighted by Gasteiger charge is -2.21. The van der Waals surface area contributed by atoms with Crippen molar-refractivity contribution in [1.29, 1.82) is 0 Å². The Morgan fingerprint density at radius 1 is 0.895 bits per heavy atom. The number of hydrogen-bond donors (Lipinski definition) is 0. The van der Waals surface area contributed by atoms with Crippen molar-refractivity contribution in [2.75, 3.05) is 0 Å². The van der Waals surface area contributed by atoms with Gasteiger partial charge < -0.3 is 0 Å². The first-order valence-corrected chi connectivity index (χ1v) is 6.67. The van der Waals surface area contributed by atoms with E-state index in [2.05, 4.69) is 13.0 Å². The second-order valence-corrected chi connectivity index (χ2v) is 6.24. The molecule has 2 rings (SSSR count). The van der Waals surface area contributed by atoms with Crippen molar-refractivity contribution in [2.24, 2.45) is 0 Å². The fourth-order valence-electron chi connectivity index (χ4n) is 2.44. The van der Waals surface area contributed by atoms with Gasteiger partial charge in [-0.1, -0.05) is 62.7 Å². The Hall–Kier alpha value is -1.63. The molecular formula is C18H21F. The van der Waals surface area contributed by atoms with Gasteiger partial charge in [0.05, 0.1) is 0 Å². The lowest BCUT2D eigenvalue weighted by atomic mass is 9.84. The average molecular weight is 256 g/mol. The van der Waals surface area contributed by atoms with Crippen LogP contribution in [-0.4, -0.2) is 0 Å². The Morgan fingerprint density at radius 2 is 1.58 bits per heavy atom. The molecule has 0 amide bonds. The normalized spacial score (nSPS) is 11.7. The molecule has 0 radical (unpaired) electrons. The van der Waals surface area contributed by atoms with E-state index in [9.17, 15) is 4.39 Å². The van der Waals surface area contributed by atoms with Crippen molar-refractivity contribution in [2.45, 2.75) is 40.0 Å². The van der Waals surface area contributed by atoms with Crippen molar-refractivity contribution in [3.63, 3.8) is 0 Å². The van der Waals surface area contributed by atoms with Crippen LogP contribution in [0.5, 0.6) is 0 Å². The Bertz CT molecular complexity index is 604. The van der Waals surface area contributed by atoms with Gasteiger partial charge in [0.15, 0.2) is 0 Å². The van der Waals surface area contributed by atoms with E-state index in [1.165, 1.54) is 5.56 Å². The van der Waals surface area contributed by atoms with Gasteiger partial charge in [0.2, 0.25) is 0 Å². The van der Waals surface area contributed by atoms with Crippen LogP contribution in [-0.2, 0) is 5.41 Å². The SMILES string of the molecule is Cc1ccc(-c2cccc(C(C)(C)C)c2F)c(C)c1. The summed E-state index contributed by atoms with van der Waals surface area (Å²) in [7, 11) is 0. The number of halogens is 1. The molecule has 2 aromatic rings. The molecule has 0 saturated carbocycles. The second-order valence-electron chi connectivity index (χ2n) is 6.24. The molecule has 0 heterocycles. The lowest BCUT2D eigenvalue weighted by molar-refractivity contribution is 0.525. The van der Waals surface area contributed by atoms with Gasteiger partial charge in [-0.2, -0.15) is 0 Å². The Morgan fingerprint density at radius 3 is 2.16 bits per heavy atom. The molecule has 2 aromatic carbocycles. The highest BCUT2D eigenvalue weighted by Gasteiger charge is 2.21. The molecule has 0 unspecified atom stereocenters. The Kier molecular flexibility index (Phi) is 3.49. The summed E-state index contributed by atoms with van der Waals surface area (Å²) in [6.45, 7) is 10.2. The summed E-state index contributed by atoms with van der Waals surface area (Å²) in [5, 5.41) is 0. The predicted octanol–water partition coefficient (Wildman–Crippen LogP) is 5.41. The molecule has 0 aliphatic carbocycles. The molecule has 0 saturated heterocycles. The van der Waals surface area contributed by atoms with Crippen molar-refractivity contribution >= 4 is 0 Å². The number of aryl methyl sites for hydroxylation is 2. The summed E-state index contributed by atoms with van der Waals surface area (Å²) < 4.78 is 14.7. The van der Waals surface area contributed by atoms with Crippen molar-refractivity contribution in [3.8, 4) is 11.1 Å². The summed E-state index contributed by atoms with van der Waals surface area (Å²) in [6.07, 6.45) is 0. The second kappa shape index (κ2) is 4.80. The van der Waals surface area contributed by atoms with Crippen LogP contribution < -0.4 is 0 Å². The van der Waals surface area contributed by atoms with Crippen LogP contribution in [0, 0.1) is 19.7 Å². The third-order valence-electron chi connectivity index (χ3n) is 3.48. The molecule has 0 nitrogen and oxygen atoms in total. The van der Waals surface area contributed by atoms with Crippen LogP contribution in [0.15, 0.2) is 36.4 Å². The molecule has 100 valence electrons. The zero-order chi connectivity index (χ0) is 14.2. The molecule has 0 bridgehead atoms. The monoisotopic (exact) mass is 256 g/mol. The third kappa shape index (κ3) is 2.70. The van der Waals surface area contributed by atoms with Crippen LogP contribution in [0.25, 0.3) is 11.1 Å². The van der Waals surface area contributed by atoms with Gasteiger partial charge in [0.25, 0.3) is 0 Å². The quantitative estimate of drug-likeness (QED) is 0.640. The van der Waals surface area contributed by atoms with Crippen LogP contribution in [0.4, 0.5) is 4.39 Å². The van der Waals surface area contributed by atoms with E-state index in [4.69, 9.17) is 0 Å². The maximum absolute atomic E-state index is 14.7. The smallest absolute Gasteiger partial charge is 0.134 e. The molecule has 0 aliphatic rings. The maximum Gasteiger partial charge on any atom is 0.134 e. The van der Waals surface area contributed by atoms with Gasteiger partial charge >= 0.3 is 0 Å². The molecule has 19 heavy (non-hydrogen) atoms. The van der Waals surface area contributed by atoms with Gasteiger partial charge in [0.1, 0.15) is 5.82 Å². The first-order chi connectivity index (χ1) is 8.80. The van der Waals surface area contributed by atoms with Gasteiger partial charge in [-0.25, -0.2) is 4.39 Å². The summed E-state index contributed by atoms with van der Waals surface area (Å²) in [5.41, 5.74) is 4.58. The zero-order valence-corrected chi connectivity index (χ0v) is 12.3. The van der Waals surface area contributed by atoms with Gasteiger partial charge in [0, 0.05) is 5.56 Å². The first-order valence-electron chi connectivity index (χ1n) is 6.67. The summed E-state index contributed by atoms with van der Waals surface area (Å²) in [6, 6.07) is 11.8. The molecular weight excluding hydrogens is 235 g/mol. The van der Waals surface area contributed by atoms with E-state index in [1.807, 2.05) is 58.0 Å². The Labute approximate surface area is 115 Å². The highest BCUT2D eigenvalue weighted by atomic mass is 19.1. The number of benzene rings is 2. The maximum atomic E-state index is 14.7. The van der Waals surface area contributed by atoms with Crippen molar-refractivity contribution in [1.82, 2.24) is 0 Å². The molecule has 0 spiro atoms. The fourth-order valence-corrected chi connectivity index (χ4v) is 2.44. The Balaban J connectivity index is 2.64. The standard InChI is InChI=1S/C18H21F/c1-12-9-10-14(13(2)11-12)15-7-6-8-16(17(15)19)18(3,4)5/h6-11H,1-5H3. The molecule has 1 heteroatoms. The van der Waals surface area contributed by atoms with Crippen LogP contribution in [0.3, 0.4) is 0 Å². The molecule has 0 aliphatic heterocycles. The van der Waals surface area contributed by atoms with E-state index >= 15 is 0 Å². The summed E-state index contributed by atoms with van der Waals surface area (Å²) in [5.74, 6) is -0.0954. The fraction of sp³-hybridized carbons (Fsp3) is 0.333. The zero-order valence-electron chi connectivity index (χ0n) is 12.3. The highest BCUT2D eigenvalue weighted by molar-refractivity contribution is 5.69. The lowest BCUT2D eigenvalue weighted by Crippen LogP contribution is -2.14. The molecule has 0 atom stereocenters. The van der Waals surface area contributed by atoms with Crippen molar-refractivity contribution in [3.05, 3.63) is 58.9 Å². The van der Waals surface area contributed by atoms with Gasteiger partial charge in [-0.3, -0.25) is 0 Å². The van der Waals surface area contributed by atoms with E-state index < -0.39 is 0 Å². The highest BCUT2D eigenvalue weighted by Crippen LogP contribution is 2.33. The van der Waals surface area contributed by atoms with Gasteiger partial charge in [-0.15, -0.1) is 0 Å². The molecule has 0 fully saturated rings. The minimum Gasteiger partial charge on any atom is -0.206 e. The molecule has 0 aromatic heterocycles. The molecule has 0 N–H and O–H groups in total. The van der Waals surface area contributed by atoms with E-state index in [0.29, 0.717) is 5.56 Å². The average Bonchev–Trinajstić information content (AvgIpc) is 2.28. The topological polar surface area (TPSA) is 0 Å². The minimum atomic E-state index is -0.182. The van der Waals surface area contributed by atoms with Crippen LogP contribution in [0.1, 0.15) is 37.5 Å². The van der Waals surface area contributed by atoms with Gasteiger partial charge in [-0.05, 0) is 36.0 Å². The number of hydrogen-bond acceptors (Lipinski definition) is 0. The number of rotatable bonds is 1. The van der Waals surface area contributed by atoms with E-state index in [-0.39, 0.29) is 11.2 Å².